The van der Waals surface area contributed by atoms with Gasteiger partial charge in [0.25, 0.3) is 0 Å². The van der Waals surface area contributed by atoms with E-state index in [0.717, 1.165) is 40.4 Å². The minimum absolute atomic E-state index is 0.0537. The highest BCUT2D eigenvalue weighted by Crippen LogP contribution is 2.40. The van der Waals surface area contributed by atoms with E-state index >= 15 is 0 Å². The first-order valence-electron chi connectivity index (χ1n) is 11.4. The monoisotopic (exact) mass is 464 g/mol. The van der Waals surface area contributed by atoms with Crippen LogP contribution < -0.4 is 14.2 Å². The fourth-order valence-electron chi connectivity index (χ4n) is 4.60. The van der Waals surface area contributed by atoms with Gasteiger partial charge in [-0.25, -0.2) is 8.42 Å². The van der Waals surface area contributed by atoms with Crippen LogP contribution in [0.3, 0.4) is 0 Å². The molecule has 2 aliphatic heterocycles. The fraction of sp³-hybridized carbons (Fsp3) is 0.333. The number of hydrogen-bond acceptors (Lipinski definition) is 5. The molecule has 2 heterocycles. The van der Waals surface area contributed by atoms with Crippen LogP contribution in [0.15, 0.2) is 60.7 Å². The zero-order chi connectivity index (χ0) is 22.8. The summed E-state index contributed by atoms with van der Waals surface area (Å²) in [6, 6.07) is 20.2. The predicted octanol–water partition coefficient (Wildman–Crippen LogP) is 5.13. The van der Waals surface area contributed by atoms with E-state index in [4.69, 9.17) is 14.2 Å². The van der Waals surface area contributed by atoms with Gasteiger partial charge in [0.2, 0.25) is 0 Å². The summed E-state index contributed by atoms with van der Waals surface area (Å²) in [7, 11) is -2.90. The van der Waals surface area contributed by atoms with Crippen molar-refractivity contribution in [1.82, 2.24) is 0 Å². The lowest BCUT2D eigenvalue weighted by Gasteiger charge is -2.24. The molecular weight excluding hydrogens is 436 g/mol. The topological polar surface area (TPSA) is 61.8 Å². The van der Waals surface area contributed by atoms with E-state index < -0.39 is 9.84 Å². The van der Waals surface area contributed by atoms with Crippen LogP contribution in [0, 0.1) is 6.92 Å². The van der Waals surface area contributed by atoms with E-state index in [1.165, 1.54) is 11.1 Å². The molecule has 0 aromatic heterocycles. The molecule has 1 fully saturated rings. The molecule has 0 N–H and O–H groups in total. The van der Waals surface area contributed by atoms with E-state index in [-0.39, 0.29) is 17.6 Å². The molecule has 0 unspecified atom stereocenters. The van der Waals surface area contributed by atoms with Gasteiger partial charge in [-0.3, -0.25) is 0 Å². The third kappa shape index (κ3) is 5.01. The quantitative estimate of drug-likeness (QED) is 0.524. The standard InChI is InChI=1S/C27H28O5S/c1-19-15-24(32-23-10-13-33(28,29)14-11-23)17-21-9-12-30-26-8-7-20(16-25(26)27(19)21)18-31-22-5-3-2-4-6-22/h2-8,15-17,23H,9-14,18H2,1H3. The molecule has 5 rings (SSSR count). The van der Waals surface area contributed by atoms with Gasteiger partial charge in [-0.2, -0.15) is 0 Å². The largest absolute Gasteiger partial charge is 0.493 e. The van der Waals surface area contributed by atoms with Gasteiger partial charge >= 0.3 is 0 Å². The zero-order valence-corrected chi connectivity index (χ0v) is 19.6. The SMILES string of the molecule is Cc1cc(OC2CCS(=O)(=O)CC2)cc2c1-c1cc(COc3ccccc3)ccc1OCC2. The van der Waals surface area contributed by atoms with Crippen molar-refractivity contribution in [2.24, 2.45) is 0 Å². The second-order valence-corrected chi connectivity index (χ2v) is 11.1. The molecule has 0 aliphatic carbocycles. The Morgan fingerprint density at radius 3 is 2.55 bits per heavy atom. The Balaban J connectivity index is 1.40. The van der Waals surface area contributed by atoms with Crippen LogP contribution in [0.5, 0.6) is 17.2 Å². The number of benzene rings is 3. The van der Waals surface area contributed by atoms with Gasteiger partial charge in [0, 0.05) is 12.0 Å². The first kappa shape index (κ1) is 21.8. The Labute approximate surface area is 195 Å². The minimum Gasteiger partial charge on any atom is -0.493 e. The molecule has 0 bridgehead atoms. The maximum Gasteiger partial charge on any atom is 0.150 e. The Hall–Kier alpha value is -2.99. The molecule has 2 aliphatic rings. The molecular formula is C27H28O5S. The predicted molar refractivity (Wildman–Crippen MR) is 129 cm³/mol. The summed E-state index contributed by atoms with van der Waals surface area (Å²) in [5.74, 6) is 2.94. The van der Waals surface area contributed by atoms with Gasteiger partial charge in [0.15, 0.2) is 9.84 Å². The smallest absolute Gasteiger partial charge is 0.150 e. The maximum atomic E-state index is 11.7. The number of rotatable bonds is 5. The van der Waals surface area contributed by atoms with Crippen LogP contribution in [0.4, 0.5) is 0 Å². The number of ether oxygens (including phenoxy) is 3. The van der Waals surface area contributed by atoms with E-state index in [1.54, 1.807) is 0 Å². The number of para-hydroxylation sites is 1. The molecule has 0 amide bonds. The number of fused-ring (bicyclic) bond motifs is 3. The van der Waals surface area contributed by atoms with Crippen LogP contribution in [0.1, 0.15) is 29.5 Å². The Kier molecular flexibility index (Phi) is 6.02. The first-order valence-corrected chi connectivity index (χ1v) is 13.2. The summed E-state index contributed by atoms with van der Waals surface area (Å²) in [5, 5.41) is 0. The molecule has 3 aromatic carbocycles. The molecule has 0 atom stereocenters. The Morgan fingerprint density at radius 2 is 1.76 bits per heavy atom. The number of aryl methyl sites for hydroxylation is 1. The zero-order valence-electron chi connectivity index (χ0n) is 18.8. The minimum atomic E-state index is -2.90. The van der Waals surface area contributed by atoms with E-state index in [9.17, 15) is 8.42 Å². The highest BCUT2D eigenvalue weighted by molar-refractivity contribution is 7.91. The van der Waals surface area contributed by atoms with Gasteiger partial charge in [0.1, 0.15) is 30.0 Å². The van der Waals surface area contributed by atoms with E-state index in [1.807, 2.05) is 36.4 Å². The van der Waals surface area contributed by atoms with E-state index in [0.29, 0.717) is 26.1 Å². The third-order valence-electron chi connectivity index (χ3n) is 6.29. The van der Waals surface area contributed by atoms with Crippen LogP contribution in [0.2, 0.25) is 0 Å². The molecule has 0 spiro atoms. The molecule has 0 saturated carbocycles. The van der Waals surface area contributed by atoms with Crippen molar-refractivity contribution < 1.29 is 22.6 Å². The summed E-state index contributed by atoms with van der Waals surface area (Å²) in [4.78, 5) is 0. The van der Waals surface area contributed by atoms with Crippen molar-refractivity contribution >= 4 is 9.84 Å². The molecule has 172 valence electrons. The number of hydrogen-bond donors (Lipinski definition) is 0. The van der Waals surface area contributed by atoms with Gasteiger partial charge in [-0.05, 0) is 78.4 Å². The van der Waals surface area contributed by atoms with Crippen molar-refractivity contribution in [3.05, 3.63) is 77.4 Å². The summed E-state index contributed by atoms with van der Waals surface area (Å²) in [6.45, 7) is 3.18. The van der Waals surface area contributed by atoms with Gasteiger partial charge in [0.05, 0.1) is 18.1 Å². The van der Waals surface area contributed by atoms with Crippen molar-refractivity contribution in [3.63, 3.8) is 0 Å². The lowest BCUT2D eigenvalue weighted by atomic mass is 9.92. The molecule has 3 aromatic rings. The first-order chi connectivity index (χ1) is 16.0. The molecule has 5 nitrogen and oxygen atoms in total. The second-order valence-electron chi connectivity index (χ2n) is 8.77. The normalized spacial score (nSPS) is 17.2. The third-order valence-corrected chi connectivity index (χ3v) is 8.00. The average molecular weight is 465 g/mol. The van der Waals surface area contributed by atoms with E-state index in [2.05, 4.69) is 31.2 Å². The van der Waals surface area contributed by atoms with Crippen molar-refractivity contribution in [2.75, 3.05) is 18.1 Å². The molecule has 0 radical (unpaired) electrons. The van der Waals surface area contributed by atoms with Crippen molar-refractivity contribution in [1.29, 1.82) is 0 Å². The summed E-state index contributed by atoms with van der Waals surface area (Å²) in [6.07, 6.45) is 1.84. The van der Waals surface area contributed by atoms with Crippen LogP contribution in [0.25, 0.3) is 11.1 Å². The van der Waals surface area contributed by atoms with Gasteiger partial charge in [-0.15, -0.1) is 0 Å². The number of sulfone groups is 1. The highest BCUT2D eigenvalue weighted by Gasteiger charge is 2.26. The Morgan fingerprint density at radius 1 is 0.970 bits per heavy atom. The highest BCUT2D eigenvalue weighted by atomic mass is 32.2. The molecule has 33 heavy (non-hydrogen) atoms. The van der Waals surface area contributed by atoms with Crippen molar-refractivity contribution in [2.45, 2.75) is 38.9 Å². The van der Waals surface area contributed by atoms with Crippen LogP contribution in [-0.2, 0) is 22.9 Å². The van der Waals surface area contributed by atoms with Gasteiger partial charge in [-0.1, -0.05) is 24.3 Å². The second kappa shape index (κ2) is 9.10. The summed E-state index contributed by atoms with van der Waals surface area (Å²) in [5.41, 5.74) is 5.65. The Bertz CT molecular complexity index is 1240. The van der Waals surface area contributed by atoms with Crippen molar-refractivity contribution in [3.8, 4) is 28.4 Å². The van der Waals surface area contributed by atoms with Gasteiger partial charge < -0.3 is 14.2 Å². The lowest BCUT2D eigenvalue weighted by molar-refractivity contribution is 0.189. The summed E-state index contributed by atoms with van der Waals surface area (Å²) >= 11 is 0. The molecule has 6 heteroatoms. The maximum absolute atomic E-state index is 11.7. The average Bonchev–Trinajstić information content (AvgIpc) is 2.99. The van der Waals surface area contributed by atoms with Crippen LogP contribution in [-0.4, -0.2) is 32.6 Å². The fourth-order valence-corrected chi connectivity index (χ4v) is 6.04. The molecule has 1 saturated heterocycles. The summed E-state index contributed by atoms with van der Waals surface area (Å²) < 4.78 is 41.7. The lowest BCUT2D eigenvalue weighted by Crippen LogP contribution is -2.30. The van der Waals surface area contributed by atoms with Crippen LogP contribution >= 0.6 is 0 Å².